The first-order valence-electron chi connectivity index (χ1n) is 5.41. The van der Waals surface area contributed by atoms with Crippen LogP contribution in [0.4, 0.5) is 11.4 Å². The quantitative estimate of drug-likeness (QED) is 0.688. The van der Waals surface area contributed by atoms with Crippen molar-refractivity contribution in [2.24, 2.45) is 0 Å². The second-order valence-corrected chi connectivity index (χ2v) is 3.71. The van der Waals surface area contributed by atoms with Crippen molar-refractivity contribution in [3.8, 4) is 0 Å². The summed E-state index contributed by atoms with van der Waals surface area (Å²) in [6.45, 7) is 2.12. The van der Waals surface area contributed by atoms with Crippen LogP contribution in [0.15, 0.2) is 36.7 Å². The molecule has 2 aromatic rings. The number of nitrogens with one attached hydrogen (secondary N) is 2. The number of benzene rings is 1. The fourth-order valence-corrected chi connectivity index (χ4v) is 1.66. The monoisotopic (exact) mass is 216 g/mol. The van der Waals surface area contributed by atoms with Crippen LogP contribution in [0.25, 0.3) is 0 Å². The maximum Gasteiger partial charge on any atom is 0.128 e. The molecule has 1 unspecified atom stereocenters. The Morgan fingerprint density at radius 2 is 2.38 bits per heavy atom. The number of nitrogen functional groups attached to an aromatic ring is 1. The highest BCUT2D eigenvalue weighted by Crippen LogP contribution is 2.20. The topological polar surface area (TPSA) is 66.7 Å². The van der Waals surface area contributed by atoms with Crippen molar-refractivity contribution in [3.05, 3.63) is 42.5 Å². The van der Waals surface area contributed by atoms with Crippen LogP contribution in [-0.4, -0.2) is 9.97 Å². The molecule has 4 nitrogen and oxygen atoms in total. The van der Waals surface area contributed by atoms with Crippen molar-refractivity contribution < 1.29 is 0 Å². The number of rotatable bonds is 4. The summed E-state index contributed by atoms with van der Waals surface area (Å²) in [5.74, 6) is 0.949. The Balaban J connectivity index is 2.13. The van der Waals surface area contributed by atoms with E-state index in [1.807, 2.05) is 30.5 Å². The standard InChI is InChI=1S/C12H16N4/c1-2-11(12-14-6-7-15-12)16-10-5-3-4-9(13)8-10/h3-8,11,16H,2,13H2,1H3,(H,14,15). The van der Waals surface area contributed by atoms with Gasteiger partial charge >= 0.3 is 0 Å². The highest BCUT2D eigenvalue weighted by molar-refractivity contribution is 5.54. The lowest BCUT2D eigenvalue weighted by Crippen LogP contribution is -2.11. The predicted molar refractivity (Wildman–Crippen MR) is 66.1 cm³/mol. The van der Waals surface area contributed by atoms with Crippen molar-refractivity contribution in [2.75, 3.05) is 11.1 Å². The number of nitrogens with zero attached hydrogens (tertiary/aromatic N) is 1. The zero-order valence-electron chi connectivity index (χ0n) is 9.27. The summed E-state index contributed by atoms with van der Waals surface area (Å²) >= 11 is 0. The molecule has 4 N–H and O–H groups in total. The normalized spacial score (nSPS) is 12.3. The minimum atomic E-state index is 0.191. The molecule has 84 valence electrons. The molecule has 1 atom stereocenters. The molecule has 2 rings (SSSR count). The summed E-state index contributed by atoms with van der Waals surface area (Å²) in [7, 11) is 0. The summed E-state index contributed by atoms with van der Waals surface area (Å²) in [5, 5.41) is 3.40. The van der Waals surface area contributed by atoms with E-state index in [1.54, 1.807) is 6.20 Å². The molecule has 1 aromatic heterocycles. The van der Waals surface area contributed by atoms with E-state index in [-0.39, 0.29) is 6.04 Å². The molecule has 0 aliphatic rings. The van der Waals surface area contributed by atoms with E-state index in [4.69, 9.17) is 5.73 Å². The number of imidazole rings is 1. The van der Waals surface area contributed by atoms with Gasteiger partial charge in [-0.1, -0.05) is 13.0 Å². The average Bonchev–Trinajstić information content (AvgIpc) is 2.79. The third-order valence-electron chi connectivity index (χ3n) is 2.49. The molecular formula is C12H16N4. The molecule has 1 heterocycles. The highest BCUT2D eigenvalue weighted by atomic mass is 15.0. The number of aromatic nitrogens is 2. The van der Waals surface area contributed by atoms with Gasteiger partial charge in [0.2, 0.25) is 0 Å². The van der Waals surface area contributed by atoms with Gasteiger partial charge in [-0.2, -0.15) is 0 Å². The van der Waals surface area contributed by atoms with Gasteiger partial charge in [0, 0.05) is 23.8 Å². The summed E-state index contributed by atoms with van der Waals surface area (Å²) in [6, 6.07) is 7.93. The van der Waals surface area contributed by atoms with E-state index >= 15 is 0 Å². The van der Waals surface area contributed by atoms with Crippen molar-refractivity contribution in [1.82, 2.24) is 9.97 Å². The summed E-state index contributed by atoms with van der Waals surface area (Å²) in [4.78, 5) is 7.37. The molecule has 16 heavy (non-hydrogen) atoms. The molecule has 0 saturated heterocycles. The van der Waals surface area contributed by atoms with E-state index < -0.39 is 0 Å². The van der Waals surface area contributed by atoms with Gasteiger partial charge < -0.3 is 16.0 Å². The van der Waals surface area contributed by atoms with E-state index in [2.05, 4.69) is 22.2 Å². The Hall–Kier alpha value is -1.97. The predicted octanol–water partition coefficient (Wildman–Crippen LogP) is 2.56. The van der Waals surface area contributed by atoms with Crippen LogP contribution in [-0.2, 0) is 0 Å². The molecule has 4 heteroatoms. The Morgan fingerprint density at radius 3 is 3.00 bits per heavy atom. The Kier molecular flexibility index (Phi) is 3.10. The fourth-order valence-electron chi connectivity index (χ4n) is 1.66. The Morgan fingerprint density at radius 1 is 1.50 bits per heavy atom. The van der Waals surface area contributed by atoms with Crippen LogP contribution in [0, 0.1) is 0 Å². The largest absolute Gasteiger partial charge is 0.399 e. The highest BCUT2D eigenvalue weighted by Gasteiger charge is 2.10. The lowest BCUT2D eigenvalue weighted by molar-refractivity contribution is 0.704. The first-order valence-corrected chi connectivity index (χ1v) is 5.41. The lowest BCUT2D eigenvalue weighted by atomic mass is 10.2. The first-order chi connectivity index (χ1) is 7.79. The van der Waals surface area contributed by atoms with E-state index in [9.17, 15) is 0 Å². The van der Waals surface area contributed by atoms with Crippen LogP contribution in [0.2, 0.25) is 0 Å². The molecular weight excluding hydrogens is 200 g/mol. The maximum atomic E-state index is 5.73. The zero-order chi connectivity index (χ0) is 11.4. The molecule has 0 amide bonds. The Bertz CT molecular complexity index is 436. The minimum absolute atomic E-state index is 0.191. The van der Waals surface area contributed by atoms with Gasteiger partial charge in [-0.25, -0.2) is 4.98 Å². The van der Waals surface area contributed by atoms with Gasteiger partial charge in [0.15, 0.2) is 0 Å². The summed E-state index contributed by atoms with van der Waals surface area (Å²) in [6.07, 6.45) is 4.56. The molecule has 0 spiro atoms. The fraction of sp³-hybridized carbons (Fsp3) is 0.250. The van der Waals surface area contributed by atoms with Gasteiger partial charge in [0.05, 0.1) is 6.04 Å². The molecule has 0 saturated carbocycles. The zero-order valence-corrected chi connectivity index (χ0v) is 9.27. The lowest BCUT2D eigenvalue weighted by Gasteiger charge is -2.16. The van der Waals surface area contributed by atoms with Gasteiger partial charge in [0.1, 0.15) is 5.82 Å². The van der Waals surface area contributed by atoms with Crippen LogP contribution < -0.4 is 11.1 Å². The van der Waals surface area contributed by atoms with E-state index in [0.29, 0.717) is 0 Å². The molecule has 1 aromatic carbocycles. The van der Waals surface area contributed by atoms with Gasteiger partial charge in [-0.15, -0.1) is 0 Å². The number of hydrogen-bond acceptors (Lipinski definition) is 3. The number of hydrogen-bond donors (Lipinski definition) is 3. The minimum Gasteiger partial charge on any atom is -0.399 e. The third-order valence-corrected chi connectivity index (χ3v) is 2.49. The first kappa shape index (κ1) is 10.5. The van der Waals surface area contributed by atoms with Crippen LogP contribution in [0.5, 0.6) is 0 Å². The summed E-state index contributed by atoms with van der Waals surface area (Å²) in [5.41, 5.74) is 7.51. The van der Waals surface area contributed by atoms with Crippen LogP contribution in [0.1, 0.15) is 25.2 Å². The smallest absolute Gasteiger partial charge is 0.128 e. The van der Waals surface area contributed by atoms with Crippen molar-refractivity contribution in [1.29, 1.82) is 0 Å². The van der Waals surface area contributed by atoms with E-state index in [1.165, 1.54) is 0 Å². The maximum absolute atomic E-state index is 5.73. The van der Waals surface area contributed by atoms with Crippen molar-refractivity contribution in [3.63, 3.8) is 0 Å². The van der Waals surface area contributed by atoms with Crippen LogP contribution in [0.3, 0.4) is 0 Å². The second-order valence-electron chi connectivity index (χ2n) is 3.71. The van der Waals surface area contributed by atoms with Crippen LogP contribution >= 0.6 is 0 Å². The van der Waals surface area contributed by atoms with Gasteiger partial charge in [-0.3, -0.25) is 0 Å². The Labute approximate surface area is 94.9 Å². The third kappa shape index (κ3) is 2.34. The summed E-state index contributed by atoms with van der Waals surface area (Å²) < 4.78 is 0. The molecule has 0 radical (unpaired) electrons. The van der Waals surface area contributed by atoms with E-state index in [0.717, 1.165) is 23.6 Å². The molecule has 0 fully saturated rings. The van der Waals surface area contributed by atoms with Gasteiger partial charge in [0.25, 0.3) is 0 Å². The molecule has 0 bridgehead atoms. The van der Waals surface area contributed by atoms with Crippen molar-refractivity contribution in [2.45, 2.75) is 19.4 Å². The number of H-pyrrole nitrogens is 1. The molecule has 0 aliphatic carbocycles. The molecule has 0 aliphatic heterocycles. The van der Waals surface area contributed by atoms with Gasteiger partial charge in [-0.05, 0) is 24.6 Å². The number of nitrogens with two attached hydrogens (primary N) is 1. The average molecular weight is 216 g/mol. The number of aromatic amines is 1. The SMILES string of the molecule is CCC(Nc1cccc(N)c1)c1ncc[nH]1. The number of anilines is 2. The second kappa shape index (κ2) is 4.70. The van der Waals surface area contributed by atoms with Crippen molar-refractivity contribution >= 4 is 11.4 Å².